The Morgan fingerprint density at radius 1 is 1.43 bits per heavy atom. The molecule has 1 amide bonds. The molecule has 2 aromatic rings. The third kappa shape index (κ3) is 3.37. The molecule has 0 aliphatic rings. The average molecular weight is 327 g/mol. The van der Waals surface area contributed by atoms with Crippen molar-refractivity contribution in [2.75, 3.05) is 12.4 Å². The first-order chi connectivity index (χ1) is 9.92. The summed E-state index contributed by atoms with van der Waals surface area (Å²) >= 11 is 2.09. The molecule has 112 valence electrons. The molecular weight excluding hydrogens is 314 g/mol. The van der Waals surface area contributed by atoms with E-state index in [1.54, 1.807) is 19.2 Å². The highest BCUT2D eigenvalue weighted by Gasteiger charge is 2.17. The second-order valence-electron chi connectivity index (χ2n) is 4.20. The zero-order valence-electron chi connectivity index (χ0n) is 11.6. The van der Waals surface area contributed by atoms with Crippen molar-refractivity contribution >= 4 is 39.7 Å². The molecule has 1 N–H and O–H groups in total. The molecule has 7 nitrogen and oxygen atoms in total. The summed E-state index contributed by atoms with van der Waals surface area (Å²) in [5, 5.41) is 4.58. The van der Waals surface area contributed by atoms with Crippen molar-refractivity contribution in [2.24, 2.45) is 0 Å². The summed E-state index contributed by atoms with van der Waals surface area (Å²) < 4.78 is 6.00. The molecule has 9 heteroatoms. The van der Waals surface area contributed by atoms with Gasteiger partial charge >= 0.3 is 10.8 Å². The molecule has 2 aromatic heterocycles. The van der Waals surface area contributed by atoms with Crippen LogP contribution in [-0.4, -0.2) is 28.5 Å². The summed E-state index contributed by atoms with van der Waals surface area (Å²) in [5.74, 6) is -0.862. The van der Waals surface area contributed by atoms with Crippen molar-refractivity contribution in [2.45, 2.75) is 20.4 Å². The lowest BCUT2D eigenvalue weighted by molar-refractivity contribution is -0.116. The molecule has 0 spiro atoms. The van der Waals surface area contributed by atoms with Crippen molar-refractivity contribution in [1.82, 2.24) is 9.55 Å². The van der Waals surface area contributed by atoms with E-state index >= 15 is 0 Å². The molecule has 0 unspecified atom stereocenters. The zero-order valence-corrected chi connectivity index (χ0v) is 13.3. The highest BCUT2D eigenvalue weighted by atomic mass is 32.1. The predicted molar refractivity (Wildman–Crippen MR) is 80.1 cm³/mol. The van der Waals surface area contributed by atoms with Crippen LogP contribution in [-0.2, 0) is 16.1 Å². The zero-order chi connectivity index (χ0) is 15.6. The van der Waals surface area contributed by atoms with Gasteiger partial charge in [0.05, 0.1) is 12.8 Å². The third-order valence-corrected chi connectivity index (χ3v) is 4.63. The fourth-order valence-corrected chi connectivity index (χ4v) is 3.27. The first-order valence-corrected chi connectivity index (χ1v) is 7.62. The van der Waals surface area contributed by atoms with Crippen LogP contribution in [0.15, 0.2) is 10.2 Å². The number of aryl methyl sites for hydroxylation is 2. The fourth-order valence-electron chi connectivity index (χ4n) is 1.63. The first kappa shape index (κ1) is 15.4. The minimum atomic E-state index is -0.490. The van der Waals surface area contributed by atoms with Gasteiger partial charge in [-0.15, -0.1) is 0 Å². The molecule has 21 heavy (non-hydrogen) atoms. The summed E-state index contributed by atoms with van der Waals surface area (Å²) in [4.78, 5) is 39.2. The van der Waals surface area contributed by atoms with Crippen molar-refractivity contribution in [3.63, 3.8) is 0 Å². The number of nitrogens with zero attached hydrogens (tertiary/aromatic N) is 2. The average Bonchev–Trinajstić information content (AvgIpc) is 2.95. The number of amides is 1. The molecule has 0 bridgehead atoms. The van der Waals surface area contributed by atoms with Gasteiger partial charge in [0.2, 0.25) is 5.91 Å². The van der Waals surface area contributed by atoms with Gasteiger partial charge < -0.3 is 10.1 Å². The first-order valence-electron chi connectivity index (χ1n) is 5.93. The Morgan fingerprint density at radius 3 is 2.71 bits per heavy atom. The predicted octanol–water partition coefficient (Wildman–Crippen LogP) is 1.41. The molecule has 0 fully saturated rings. The number of carbonyl (C=O) groups is 2. The van der Waals surface area contributed by atoms with Crippen LogP contribution in [0.4, 0.5) is 5.13 Å². The molecule has 0 saturated carbocycles. The SMILES string of the molecule is COC(=O)c1sc(NC(=O)Cn2c(C)csc2=O)nc1C. The van der Waals surface area contributed by atoms with Crippen LogP contribution < -0.4 is 10.2 Å². The molecule has 0 atom stereocenters. The Labute approximate surface area is 128 Å². The highest BCUT2D eigenvalue weighted by molar-refractivity contribution is 7.17. The Morgan fingerprint density at radius 2 is 2.14 bits per heavy atom. The Kier molecular flexibility index (Phi) is 4.53. The molecule has 0 saturated heterocycles. The Bertz CT molecular complexity index is 744. The van der Waals surface area contributed by atoms with Crippen molar-refractivity contribution in [3.05, 3.63) is 31.3 Å². The number of nitrogens with one attached hydrogen (secondary N) is 1. The monoisotopic (exact) mass is 327 g/mol. The molecule has 2 heterocycles. The van der Waals surface area contributed by atoms with Gasteiger partial charge in [-0.2, -0.15) is 0 Å². The van der Waals surface area contributed by atoms with Gasteiger partial charge in [-0.25, -0.2) is 9.78 Å². The number of carbonyl (C=O) groups excluding carboxylic acids is 2. The van der Waals surface area contributed by atoms with E-state index in [1.165, 1.54) is 11.7 Å². The van der Waals surface area contributed by atoms with Crippen LogP contribution in [0.1, 0.15) is 21.1 Å². The number of hydrogen-bond donors (Lipinski definition) is 1. The van der Waals surface area contributed by atoms with E-state index in [1.807, 2.05) is 0 Å². The van der Waals surface area contributed by atoms with E-state index in [9.17, 15) is 14.4 Å². The van der Waals surface area contributed by atoms with Crippen LogP contribution >= 0.6 is 22.7 Å². The lowest BCUT2D eigenvalue weighted by Crippen LogP contribution is -2.25. The van der Waals surface area contributed by atoms with E-state index in [4.69, 9.17) is 0 Å². The number of ether oxygens (including phenoxy) is 1. The Hall–Kier alpha value is -2.00. The van der Waals surface area contributed by atoms with Gasteiger partial charge in [-0.05, 0) is 13.8 Å². The smallest absolute Gasteiger partial charge is 0.350 e. The number of hydrogen-bond acceptors (Lipinski definition) is 7. The number of aromatic nitrogens is 2. The maximum atomic E-state index is 11.9. The Balaban J connectivity index is 2.10. The van der Waals surface area contributed by atoms with E-state index in [0.717, 1.165) is 28.4 Å². The van der Waals surface area contributed by atoms with Gasteiger partial charge in [0, 0.05) is 11.1 Å². The van der Waals surface area contributed by atoms with Crippen LogP contribution in [0.3, 0.4) is 0 Å². The summed E-state index contributed by atoms with van der Waals surface area (Å²) in [6.45, 7) is 3.33. The van der Waals surface area contributed by atoms with Crippen LogP contribution in [0, 0.1) is 13.8 Å². The summed E-state index contributed by atoms with van der Waals surface area (Å²) in [7, 11) is 1.28. The lowest BCUT2D eigenvalue weighted by Gasteiger charge is -2.03. The number of esters is 1. The van der Waals surface area contributed by atoms with Crippen LogP contribution in [0.25, 0.3) is 0 Å². The van der Waals surface area contributed by atoms with E-state index in [-0.39, 0.29) is 17.3 Å². The van der Waals surface area contributed by atoms with Gasteiger partial charge in [0.15, 0.2) is 5.13 Å². The number of rotatable bonds is 4. The topological polar surface area (TPSA) is 90.3 Å². The fraction of sp³-hybridized carbons (Fsp3) is 0.333. The number of anilines is 1. The van der Waals surface area contributed by atoms with E-state index in [0.29, 0.717) is 15.7 Å². The number of thiazole rings is 2. The van der Waals surface area contributed by atoms with E-state index in [2.05, 4.69) is 15.0 Å². The minimum Gasteiger partial charge on any atom is -0.465 e. The standard InChI is InChI=1S/C12H13N3O4S2/c1-6-5-20-12(18)15(6)4-8(16)14-11-13-7(2)9(21-11)10(17)19-3/h5H,4H2,1-3H3,(H,13,14,16). The molecule has 0 aromatic carbocycles. The van der Waals surface area contributed by atoms with Crippen molar-refractivity contribution in [1.29, 1.82) is 0 Å². The summed E-state index contributed by atoms with van der Waals surface area (Å²) in [5.41, 5.74) is 1.22. The quantitative estimate of drug-likeness (QED) is 0.858. The van der Waals surface area contributed by atoms with Crippen molar-refractivity contribution in [3.8, 4) is 0 Å². The second kappa shape index (κ2) is 6.19. The summed E-state index contributed by atoms with van der Waals surface area (Å²) in [6, 6.07) is 0. The van der Waals surface area contributed by atoms with Crippen molar-refractivity contribution < 1.29 is 14.3 Å². The maximum Gasteiger partial charge on any atom is 0.350 e. The summed E-state index contributed by atoms with van der Waals surface area (Å²) in [6.07, 6.45) is 0. The molecule has 0 aliphatic heterocycles. The second-order valence-corrected chi connectivity index (χ2v) is 6.02. The van der Waals surface area contributed by atoms with E-state index < -0.39 is 5.97 Å². The minimum absolute atomic E-state index is 0.0830. The van der Waals surface area contributed by atoms with Gasteiger partial charge in [-0.3, -0.25) is 14.2 Å². The van der Waals surface area contributed by atoms with Crippen LogP contribution in [0.2, 0.25) is 0 Å². The lowest BCUT2D eigenvalue weighted by atomic mass is 10.4. The van der Waals surface area contributed by atoms with Gasteiger partial charge in [0.25, 0.3) is 0 Å². The molecule has 0 aliphatic carbocycles. The molecular formula is C12H13N3O4S2. The molecule has 2 rings (SSSR count). The van der Waals surface area contributed by atoms with Gasteiger partial charge in [0.1, 0.15) is 11.4 Å². The van der Waals surface area contributed by atoms with Gasteiger partial charge in [-0.1, -0.05) is 22.7 Å². The van der Waals surface area contributed by atoms with Crippen LogP contribution in [0.5, 0.6) is 0 Å². The third-order valence-electron chi connectivity index (χ3n) is 2.69. The maximum absolute atomic E-state index is 11.9. The highest BCUT2D eigenvalue weighted by Crippen LogP contribution is 2.23. The largest absolute Gasteiger partial charge is 0.465 e. The number of methoxy groups -OCH3 is 1. The normalized spacial score (nSPS) is 10.4. The molecule has 0 radical (unpaired) electrons.